The van der Waals surface area contributed by atoms with Crippen LogP contribution in [0.5, 0.6) is 23.1 Å². The number of pyridine rings is 1. The van der Waals surface area contributed by atoms with Crippen LogP contribution in [0.2, 0.25) is 5.02 Å². The molecule has 0 aliphatic carbocycles. The summed E-state index contributed by atoms with van der Waals surface area (Å²) in [6.45, 7) is 4.35. The van der Waals surface area contributed by atoms with Gasteiger partial charge in [0, 0.05) is 62.1 Å². The van der Waals surface area contributed by atoms with Crippen LogP contribution in [-0.4, -0.2) is 65.7 Å². The average molecular weight is 614 g/mol. The molecule has 0 atom stereocenters. The Morgan fingerprint density at radius 2 is 1.73 bits per heavy atom. The molecule has 44 heavy (non-hydrogen) atoms. The number of hydrogen-bond donors (Lipinski definition) is 1. The molecular weight excluding hydrogens is 578 g/mol. The van der Waals surface area contributed by atoms with E-state index in [1.165, 1.54) is 5.56 Å². The van der Waals surface area contributed by atoms with Crippen molar-refractivity contribution in [2.24, 2.45) is 0 Å². The van der Waals surface area contributed by atoms with E-state index in [9.17, 15) is 4.79 Å². The SMILES string of the molecule is COc1cc(/C=C/C(=O)N2CCN(Cc3ccc(CCO)cc3)CC2)ccc1Oc1ccc(OCc2ccccc2Cl)cn1. The van der Waals surface area contributed by atoms with Gasteiger partial charge in [-0.2, -0.15) is 0 Å². The second-order valence-electron chi connectivity index (χ2n) is 10.4. The van der Waals surface area contributed by atoms with E-state index in [1.807, 2.05) is 41.3 Å². The first-order chi connectivity index (χ1) is 21.5. The Hall–Kier alpha value is -4.37. The lowest BCUT2D eigenvalue weighted by atomic mass is 10.1. The first-order valence-corrected chi connectivity index (χ1v) is 14.9. The van der Waals surface area contributed by atoms with E-state index in [2.05, 4.69) is 34.1 Å². The second-order valence-corrected chi connectivity index (χ2v) is 10.9. The highest BCUT2D eigenvalue weighted by atomic mass is 35.5. The predicted octanol–water partition coefficient (Wildman–Crippen LogP) is 6.01. The number of ether oxygens (including phenoxy) is 3. The molecule has 1 N–H and O–H groups in total. The van der Waals surface area contributed by atoms with E-state index in [1.54, 1.807) is 43.7 Å². The molecule has 228 valence electrons. The third kappa shape index (κ3) is 8.60. The van der Waals surface area contributed by atoms with E-state index >= 15 is 0 Å². The minimum absolute atomic E-state index is 0.0154. The fourth-order valence-corrected chi connectivity index (χ4v) is 5.06. The van der Waals surface area contributed by atoms with Crippen LogP contribution in [-0.2, 0) is 24.4 Å². The fourth-order valence-electron chi connectivity index (χ4n) is 4.87. The molecule has 1 fully saturated rings. The van der Waals surface area contributed by atoms with Crippen molar-refractivity contribution in [1.82, 2.24) is 14.8 Å². The molecule has 1 saturated heterocycles. The van der Waals surface area contributed by atoms with Gasteiger partial charge in [-0.15, -0.1) is 0 Å². The van der Waals surface area contributed by atoms with Gasteiger partial charge in [-0.25, -0.2) is 4.98 Å². The van der Waals surface area contributed by atoms with E-state index < -0.39 is 0 Å². The molecule has 0 saturated carbocycles. The number of hydrogen-bond acceptors (Lipinski definition) is 7. The summed E-state index contributed by atoms with van der Waals surface area (Å²) in [6.07, 6.45) is 5.67. The molecule has 1 aromatic heterocycles. The highest BCUT2D eigenvalue weighted by Gasteiger charge is 2.19. The summed E-state index contributed by atoms with van der Waals surface area (Å²) in [6, 6.07) is 24.9. The summed E-state index contributed by atoms with van der Waals surface area (Å²) in [4.78, 5) is 21.5. The molecule has 8 nitrogen and oxygen atoms in total. The normalized spacial score (nSPS) is 13.7. The van der Waals surface area contributed by atoms with Crippen LogP contribution in [0.4, 0.5) is 0 Å². The lowest BCUT2D eigenvalue weighted by Crippen LogP contribution is -2.47. The summed E-state index contributed by atoms with van der Waals surface area (Å²) in [5, 5.41) is 9.75. The van der Waals surface area contributed by atoms with Gasteiger partial charge >= 0.3 is 0 Å². The van der Waals surface area contributed by atoms with Crippen molar-refractivity contribution in [2.45, 2.75) is 19.6 Å². The number of halogens is 1. The van der Waals surface area contributed by atoms with Gasteiger partial charge in [-0.3, -0.25) is 9.69 Å². The van der Waals surface area contributed by atoms with E-state index in [0.717, 1.165) is 36.3 Å². The van der Waals surface area contributed by atoms with Crippen LogP contribution < -0.4 is 14.2 Å². The van der Waals surface area contributed by atoms with Gasteiger partial charge in [0.15, 0.2) is 11.5 Å². The maximum atomic E-state index is 12.9. The first kappa shape index (κ1) is 31.1. The minimum Gasteiger partial charge on any atom is -0.493 e. The maximum Gasteiger partial charge on any atom is 0.246 e. The van der Waals surface area contributed by atoms with Gasteiger partial charge < -0.3 is 24.2 Å². The zero-order chi connectivity index (χ0) is 30.7. The molecule has 2 heterocycles. The number of aromatic nitrogens is 1. The van der Waals surface area contributed by atoms with Gasteiger partial charge in [-0.05, 0) is 53.5 Å². The minimum atomic E-state index is -0.0154. The third-order valence-corrected chi connectivity index (χ3v) is 7.76. The Bertz CT molecular complexity index is 1550. The molecule has 4 aromatic rings. The zero-order valence-electron chi connectivity index (χ0n) is 24.7. The van der Waals surface area contributed by atoms with Crippen LogP contribution >= 0.6 is 11.6 Å². The third-order valence-electron chi connectivity index (χ3n) is 7.40. The zero-order valence-corrected chi connectivity index (χ0v) is 25.5. The molecule has 0 spiro atoms. The number of rotatable bonds is 12. The smallest absolute Gasteiger partial charge is 0.246 e. The Kier molecular flexibility index (Phi) is 10.9. The Morgan fingerprint density at radius 3 is 2.43 bits per heavy atom. The van der Waals surface area contributed by atoms with Gasteiger partial charge in [0.2, 0.25) is 11.8 Å². The molecule has 5 rings (SSSR count). The molecule has 3 aromatic carbocycles. The van der Waals surface area contributed by atoms with Crippen LogP contribution in [0, 0.1) is 0 Å². The van der Waals surface area contributed by atoms with Gasteiger partial charge in [-0.1, -0.05) is 60.1 Å². The summed E-state index contributed by atoms with van der Waals surface area (Å²) in [5.74, 6) is 2.01. The molecule has 1 aliphatic heterocycles. The summed E-state index contributed by atoms with van der Waals surface area (Å²) >= 11 is 6.20. The largest absolute Gasteiger partial charge is 0.493 e. The highest BCUT2D eigenvalue weighted by molar-refractivity contribution is 6.31. The lowest BCUT2D eigenvalue weighted by molar-refractivity contribution is -0.127. The van der Waals surface area contributed by atoms with Crippen LogP contribution in [0.25, 0.3) is 6.08 Å². The van der Waals surface area contributed by atoms with Crippen LogP contribution in [0.15, 0.2) is 91.1 Å². The predicted molar refractivity (Wildman–Crippen MR) is 171 cm³/mol. The van der Waals surface area contributed by atoms with Crippen molar-refractivity contribution < 1.29 is 24.1 Å². The number of nitrogens with zero attached hydrogens (tertiary/aromatic N) is 3. The summed E-state index contributed by atoms with van der Waals surface area (Å²) < 4.78 is 17.3. The quantitative estimate of drug-likeness (QED) is 0.196. The average Bonchev–Trinajstić information content (AvgIpc) is 3.06. The van der Waals surface area contributed by atoms with Crippen LogP contribution in [0.1, 0.15) is 22.3 Å². The monoisotopic (exact) mass is 613 g/mol. The van der Waals surface area contributed by atoms with E-state index in [4.69, 9.17) is 30.9 Å². The maximum absolute atomic E-state index is 12.9. The summed E-state index contributed by atoms with van der Waals surface area (Å²) in [5.41, 5.74) is 4.09. The molecular formula is C35H36ClN3O5. The second kappa shape index (κ2) is 15.4. The van der Waals surface area contributed by atoms with Crippen molar-refractivity contribution >= 4 is 23.6 Å². The number of piperazine rings is 1. The number of amides is 1. The van der Waals surface area contributed by atoms with E-state index in [-0.39, 0.29) is 12.5 Å². The van der Waals surface area contributed by atoms with Crippen molar-refractivity contribution in [3.63, 3.8) is 0 Å². The number of aliphatic hydroxyl groups excluding tert-OH is 1. The van der Waals surface area contributed by atoms with Crippen molar-refractivity contribution in [1.29, 1.82) is 0 Å². The highest BCUT2D eigenvalue weighted by Crippen LogP contribution is 2.32. The van der Waals surface area contributed by atoms with Gasteiger partial charge in [0.05, 0.1) is 13.3 Å². The van der Waals surface area contributed by atoms with Crippen LogP contribution in [0.3, 0.4) is 0 Å². The molecule has 1 aliphatic rings. The van der Waals surface area contributed by atoms with Crippen molar-refractivity contribution in [2.75, 3.05) is 39.9 Å². The van der Waals surface area contributed by atoms with Crippen molar-refractivity contribution in [3.8, 4) is 23.1 Å². The lowest BCUT2D eigenvalue weighted by Gasteiger charge is -2.34. The number of methoxy groups -OCH3 is 1. The topological polar surface area (TPSA) is 84.4 Å². The number of aliphatic hydroxyl groups is 1. The number of carbonyl (C=O) groups excluding carboxylic acids is 1. The molecule has 9 heteroatoms. The Balaban J connectivity index is 1.10. The standard InChI is InChI=1S/C35H36ClN3O5/c1-42-33-22-27(10-13-32(33)44-34-14-12-30(23-37-34)43-25-29-4-2-3-5-31(29)36)11-15-35(41)39-19-17-38(18-20-39)24-28-8-6-26(7-9-28)16-21-40/h2-15,22-23,40H,16-21,24-25H2,1H3/b15-11+. The van der Waals surface area contributed by atoms with Crippen molar-refractivity contribution in [3.05, 3.63) is 118 Å². The molecule has 0 radical (unpaired) electrons. The molecule has 1 amide bonds. The van der Waals surface area contributed by atoms with E-state index in [0.29, 0.717) is 54.3 Å². The van der Waals surface area contributed by atoms with Gasteiger partial charge in [0.25, 0.3) is 0 Å². The number of benzene rings is 3. The fraction of sp³-hybridized carbons (Fsp3) is 0.257. The van der Waals surface area contributed by atoms with Gasteiger partial charge in [0.1, 0.15) is 12.4 Å². The summed E-state index contributed by atoms with van der Waals surface area (Å²) in [7, 11) is 1.57. The Labute approximate surface area is 263 Å². The first-order valence-electron chi connectivity index (χ1n) is 14.6. The Morgan fingerprint density at radius 1 is 0.955 bits per heavy atom. The molecule has 0 unspecified atom stereocenters. The molecule has 0 bridgehead atoms. The number of carbonyl (C=O) groups is 1.